The minimum absolute atomic E-state index is 0.148. The first-order valence-corrected chi connectivity index (χ1v) is 5.79. The van der Waals surface area contributed by atoms with Crippen LogP contribution in [0.4, 0.5) is 8.78 Å². The van der Waals surface area contributed by atoms with Gasteiger partial charge in [0.1, 0.15) is 11.6 Å². The number of ether oxygens (including phenoxy) is 1. The fourth-order valence-corrected chi connectivity index (χ4v) is 1.77. The molecule has 0 saturated heterocycles. The largest absolute Gasteiger partial charge is 0.454 e. The van der Waals surface area contributed by atoms with Gasteiger partial charge >= 0.3 is 0 Å². The molecule has 0 aliphatic carbocycles. The Morgan fingerprint density at radius 2 is 1.95 bits per heavy atom. The van der Waals surface area contributed by atoms with Crippen LogP contribution in [0.1, 0.15) is 5.56 Å². The Balaban J connectivity index is 2.31. The molecule has 2 rings (SSSR count). The predicted molar refractivity (Wildman–Crippen MR) is 70.4 cm³/mol. The molecule has 20 heavy (non-hydrogen) atoms. The second kappa shape index (κ2) is 5.75. The number of halogens is 3. The van der Waals surface area contributed by atoms with Crippen molar-refractivity contribution in [2.24, 2.45) is 10.9 Å². The van der Waals surface area contributed by atoms with Crippen molar-refractivity contribution in [3.8, 4) is 11.5 Å². The molecule has 2 aromatic carbocycles. The summed E-state index contributed by atoms with van der Waals surface area (Å²) in [5, 5.41) is 11.5. The van der Waals surface area contributed by atoms with Gasteiger partial charge < -0.3 is 15.7 Å². The van der Waals surface area contributed by atoms with Crippen molar-refractivity contribution < 1.29 is 18.7 Å². The summed E-state index contributed by atoms with van der Waals surface area (Å²) in [4.78, 5) is 0. The Morgan fingerprint density at radius 3 is 2.60 bits per heavy atom. The topological polar surface area (TPSA) is 67.8 Å². The fourth-order valence-electron chi connectivity index (χ4n) is 1.50. The van der Waals surface area contributed by atoms with E-state index in [0.717, 1.165) is 18.2 Å². The highest BCUT2D eigenvalue weighted by Gasteiger charge is 2.10. The zero-order valence-electron chi connectivity index (χ0n) is 9.98. The Hall–Kier alpha value is -2.34. The molecule has 0 unspecified atom stereocenters. The molecule has 0 atom stereocenters. The molecule has 104 valence electrons. The maximum atomic E-state index is 13.4. The molecular weight excluding hydrogens is 290 g/mol. The minimum atomic E-state index is -0.706. The lowest BCUT2D eigenvalue weighted by Gasteiger charge is -2.09. The average Bonchev–Trinajstić information content (AvgIpc) is 2.42. The van der Waals surface area contributed by atoms with Crippen LogP contribution in [0, 0.1) is 11.6 Å². The van der Waals surface area contributed by atoms with Crippen molar-refractivity contribution in [2.75, 3.05) is 0 Å². The molecule has 2 aromatic rings. The number of hydrogen-bond donors (Lipinski definition) is 2. The molecular formula is C13H9ClF2N2O2. The molecule has 0 heterocycles. The monoisotopic (exact) mass is 298 g/mol. The van der Waals surface area contributed by atoms with E-state index >= 15 is 0 Å². The number of oxime groups is 1. The number of benzene rings is 2. The van der Waals surface area contributed by atoms with E-state index in [4.69, 9.17) is 27.3 Å². The summed E-state index contributed by atoms with van der Waals surface area (Å²) in [5.41, 5.74) is 5.70. The summed E-state index contributed by atoms with van der Waals surface area (Å²) < 4.78 is 31.6. The highest BCUT2D eigenvalue weighted by atomic mass is 35.5. The predicted octanol–water partition coefficient (Wildman–Crippen LogP) is 3.51. The first kappa shape index (κ1) is 14.1. The van der Waals surface area contributed by atoms with Crippen LogP contribution < -0.4 is 10.5 Å². The lowest BCUT2D eigenvalue weighted by Crippen LogP contribution is -2.13. The minimum Gasteiger partial charge on any atom is -0.454 e. The second-order valence-electron chi connectivity index (χ2n) is 3.80. The third-order valence-corrected chi connectivity index (χ3v) is 2.76. The Labute approximate surface area is 118 Å². The first-order valence-electron chi connectivity index (χ1n) is 5.41. The van der Waals surface area contributed by atoms with E-state index in [2.05, 4.69) is 5.16 Å². The average molecular weight is 299 g/mol. The van der Waals surface area contributed by atoms with E-state index in [-0.39, 0.29) is 22.4 Å². The summed E-state index contributed by atoms with van der Waals surface area (Å²) in [6, 6.07) is 7.07. The molecule has 4 nitrogen and oxygen atoms in total. The third-order valence-electron chi connectivity index (χ3n) is 2.45. The number of hydrogen-bond acceptors (Lipinski definition) is 3. The smallest absolute Gasteiger partial charge is 0.171 e. The molecule has 0 fully saturated rings. The van der Waals surface area contributed by atoms with Crippen molar-refractivity contribution in [1.82, 2.24) is 0 Å². The molecule has 0 aliphatic heterocycles. The van der Waals surface area contributed by atoms with Gasteiger partial charge in [0.25, 0.3) is 0 Å². The van der Waals surface area contributed by atoms with E-state index in [1.165, 1.54) is 18.2 Å². The second-order valence-corrected chi connectivity index (χ2v) is 4.21. The van der Waals surface area contributed by atoms with Gasteiger partial charge in [0, 0.05) is 17.7 Å². The van der Waals surface area contributed by atoms with Crippen LogP contribution in [0.5, 0.6) is 11.5 Å². The summed E-state index contributed by atoms with van der Waals surface area (Å²) >= 11 is 5.92. The Bertz CT molecular complexity index is 677. The van der Waals surface area contributed by atoms with Crippen LogP contribution >= 0.6 is 11.6 Å². The molecule has 0 amide bonds. The van der Waals surface area contributed by atoms with Crippen LogP contribution in [0.25, 0.3) is 0 Å². The first-order chi connectivity index (χ1) is 9.51. The van der Waals surface area contributed by atoms with Gasteiger partial charge in [-0.15, -0.1) is 0 Å². The quantitative estimate of drug-likeness (QED) is 0.394. The molecule has 0 aromatic heterocycles. The van der Waals surface area contributed by atoms with Crippen molar-refractivity contribution in [2.45, 2.75) is 0 Å². The van der Waals surface area contributed by atoms with Gasteiger partial charge in [-0.2, -0.15) is 0 Å². The fraction of sp³-hybridized carbons (Fsp3) is 0. The Kier molecular flexibility index (Phi) is 4.05. The number of nitrogens with two attached hydrogens (primary N) is 1. The van der Waals surface area contributed by atoms with Gasteiger partial charge in [-0.05, 0) is 24.3 Å². The number of amidine groups is 1. The van der Waals surface area contributed by atoms with Gasteiger partial charge in [0.15, 0.2) is 17.4 Å². The van der Waals surface area contributed by atoms with Gasteiger partial charge in [0.2, 0.25) is 0 Å². The SMILES string of the molecule is NC(=NO)c1ccc(Oc2cc(F)ccc2F)cc1Cl. The molecule has 3 N–H and O–H groups in total. The lowest BCUT2D eigenvalue weighted by atomic mass is 10.2. The summed E-state index contributed by atoms with van der Waals surface area (Å²) in [6.07, 6.45) is 0. The summed E-state index contributed by atoms with van der Waals surface area (Å²) in [7, 11) is 0. The van der Waals surface area contributed by atoms with Crippen molar-refractivity contribution >= 4 is 17.4 Å². The van der Waals surface area contributed by atoms with Gasteiger partial charge in [-0.25, -0.2) is 8.78 Å². The molecule has 7 heteroatoms. The van der Waals surface area contributed by atoms with Crippen LogP contribution in [0.15, 0.2) is 41.6 Å². The number of nitrogens with zero attached hydrogens (tertiary/aromatic N) is 1. The summed E-state index contributed by atoms with van der Waals surface area (Å²) in [6.45, 7) is 0. The van der Waals surface area contributed by atoms with Crippen LogP contribution in [-0.2, 0) is 0 Å². The van der Waals surface area contributed by atoms with E-state index in [1.807, 2.05) is 0 Å². The van der Waals surface area contributed by atoms with Gasteiger partial charge in [0.05, 0.1) is 5.02 Å². The van der Waals surface area contributed by atoms with Crippen LogP contribution in [-0.4, -0.2) is 11.0 Å². The van der Waals surface area contributed by atoms with Crippen LogP contribution in [0.3, 0.4) is 0 Å². The van der Waals surface area contributed by atoms with Crippen molar-refractivity contribution in [1.29, 1.82) is 0 Å². The zero-order chi connectivity index (χ0) is 14.7. The van der Waals surface area contributed by atoms with Gasteiger partial charge in [-0.3, -0.25) is 0 Å². The van der Waals surface area contributed by atoms with E-state index in [9.17, 15) is 8.78 Å². The highest BCUT2D eigenvalue weighted by molar-refractivity contribution is 6.34. The molecule has 0 aliphatic rings. The van der Waals surface area contributed by atoms with Crippen LogP contribution in [0.2, 0.25) is 5.02 Å². The normalized spacial score (nSPS) is 11.4. The molecule has 0 spiro atoms. The van der Waals surface area contributed by atoms with Crippen molar-refractivity contribution in [3.63, 3.8) is 0 Å². The molecule has 0 bridgehead atoms. The van der Waals surface area contributed by atoms with E-state index in [1.54, 1.807) is 0 Å². The Morgan fingerprint density at radius 1 is 1.20 bits per heavy atom. The maximum absolute atomic E-state index is 13.4. The highest BCUT2D eigenvalue weighted by Crippen LogP contribution is 2.28. The number of rotatable bonds is 3. The third kappa shape index (κ3) is 2.97. The maximum Gasteiger partial charge on any atom is 0.171 e. The standard InChI is InChI=1S/C13H9ClF2N2O2/c14-10-6-8(2-3-9(10)13(17)18-19)20-12-5-7(15)1-4-11(12)16/h1-6,19H,(H2,17,18). The summed E-state index contributed by atoms with van der Waals surface area (Å²) in [5.74, 6) is -1.58. The lowest BCUT2D eigenvalue weighted by molar-refractivity contribution is 0.318. The van der Waals surface area contributed by atoms with E-state index in [0.29, 0.717) is 5.56 Å². The van der Waals surface area contributed by atoms with E-state index < -0.39 is 11.6 Å². The zero-order valence-corrected chi connectivity index (χ0v) is 10.7. The van der Waals surface area contributed by atoms with Crippen molar-refractivity contribution in [3.05, 3.63) is 58.6 Å². The molecule has 0 saturated carbocycles. The van der Waals surface area contributed by atoms with Gasteiger partial charge in [-0.1, -0.05) is 16.8 Å². The molecule has 0 radical (unpaired) electrons.